The smallest absolute Gasteiger partial charge is 0.290 e. The number of aromatic nitrogens is 2. The van der Waals surface area contributed by atoms with Crippen molar-refractivity contribution in [1.29, 1.82) is 0 Å². The molecule has 2 aliphatic heterocycles. The maximum atomic E-state index is 12.7. The predicted molar refractivity (Wildman–Crippen MR) is 90.1 cm³/mol. The van der Waals surface area contributed by atoms with Gasteiger partial charge in [0.05, 0.1) is 18.8 Å². The number of morpholine rings is 1. The van der Waals surface area contributed by atoms with Gasteiger partial charge in [-0.05, 0) is 20.3 Å². The molecule has 24 heavy (non-hydrogen) atoms. The van der Waals surface area contributed by atoms with E-state index in [-0.39, 0.29) is 17.5 Å². The topological polar surface area (TPSA) is 90.6 Å². The number of rotatable bonds is 4. The Morgan fingerprint density at radius 1 is 1.38 bits per heavy atom. The van der Waals surface area contributed by atoms with Crippen LogP contribution in [0.4, 0.5) is 5.82 Å². The third-order valence-electron chi connectivity index (χ3n) is 4.87. The van der Waals surface area contributed by atoms with Crippen LogP contribution in [0.25, 0.3) is 0 Å². The van der Waals surface area contributed by atoms with Crippen LogP contribution in [-0.2, 0) is 9.53 Å². The van der Waals surface area contributed by atoms with Gasteiger partial charge in [0.15, 0.2) is 5.82 Å². The van der Waals surface area contributed by atoms with Gasteiger partial charge in [0.1, 0.15) is 0 Å². The van der Waals surface area contributed by atoms with Gasteiger partial charge in [-0.1, -0.05) is 0 Å². The fraction of sp³-hybridized carbons (Fsp3) is 0.688. The zero-order valence-electron chi connectivity index (χ0n) is 14.2. The number of H-pyrrole nitrogens is 1. The molecule has 3 heterocycles. The van der Waals surface area contributed by atoms with Crippen LogP contribution in [0.1, 0.15) is 20.3 Å². The Hall–Kier alpha value is -1.93. The minimum atomic E-state index is -0.570. The molecule has 1 unspecified atom stereocenters. The molecule has 1 aromatic rings. The van der Waals surface area contributed by atoms with Crippen molar-refractivity contribution in [3.8, 4) is 0 Å². The monoisotopic (exact) mass is 335 g/mol. The molecule has 1 atom stereocenters. The lowest BCUT2D eigenvalue weighted by molar-refractivity contribution is -0.135. The van der Waals surface area contributed by atoms with Crippen molar-refractivity contribution in [3.63, 3.8) is 0 Å². The third-order valence-corrected chi connectivity index (χ3v) is 4.87. The van der Waals surface area contributed by atoms with Gasteiger partial charge in [0, 0.05) is 44.6 Å². The summed E-state index contributed by atoms with van der Waals surface area (Å²) < 4.78 is 5.36. The van der Waals surface area contributed by atoms with Crippen molar-refractivity contribution in [2.24, 2.45) is 0 Å². The first-order valence-corrected chi connectivity index (χ1v) is 8.41. The van der Waals surface area contributed by atoms with Gasteiger partial charge < -0.3 is 19.9 Å². The van der Waals surface area contributed by atoms with E-state index in [2.05, 4.69) is 20.2 Å². The molecule has 1 amide bonds. The van der Waals surface area contributed by atoms with Gasteiger partial charge in [-0.15, -0.1) is 0 Å². The van der Waals surface area contributed by atoms with Crippen LogP contribution >= 0.6 is 0 Å². The summed E-state index contributed by atoms with van der Waals surface area (Å²) in [6.07, 6.45) is 3.90. The summed E-state index contributed by atoms with van der Waals surface area (Å²) in [6.45, 7) is 8.06. The summed E-state index contributed by atoms with van der Waals surface area (Å²) in [7, 11) is 0. The van der Waals surface area contributed by atoms with E-state index in [9.17, 15) is 9.59 Å². The Morgan fingerprint density at radius 2 is 2.12 bits per heavy atom. The summed E-state index contributed by atoms with van der Waals surface area (Å²) in [4.78, 5) is 35.4. The average molecular weight is 335 g/mol. The molecule has 132 valence electrons. The van der Waals surface area contributed by atoms with Crippen molar-refractivity contribution < 1.29 is 9.53 Å². The van der Waals surface area contributed by atoms with E-state index in [1.165, 1.54) is 6.20 Å². The van der Waals surface area contributed by atoms with E-state index in [1.54, 1.807) is 6.20 Å². The molecule has 0 bridgehead atoms. The van der Waals surface area contributed by atoms with Gasteiger partial charge in [-0.3, -0.25) is 14.5 Å². The zero-order chi connectivity index (χ0) is 17.2. The summed E-state index contributed by atoms with van der Waals surface area (Å²) >= 11 is 0. The number of aromatic amines is 1. The SMILES string of the molecule is CC(C)(C(=O)NC1CCN(c2ncc[nH]c2=O)C1)N1CCOCC1. The summed E-state index contributed by atoms with van der Waals surface area (Å²) in [6, 6.07) is 0.0271. The van der Waals surface area contributed by atoms with Crippen LogP contribution in [0.15, 0.2) is 17.2 Å². The lowest BCUT2D eigenvalue weighted by atomic mass is 10.00. The molecule has 0 radical (unpaired) electrons. The molecular formula is C16H25N5O3. The second kappa shape index (κ2) is 6.90. The number of nitrogens with zero attached hydrogens (tertiary/aromatic N) is 3. The lowest BCUT2D eigenvalue weighted by Crippen LogP contribution is -2.59. The second-order valence-corrected chi connectivity index (χ2v) is 6.81. The Bertz CT molecular complexity index is 639. The summed E-state index contributed by atoms with van der Waals surface area (Å²) in [5.74, 6) is 0.438. The zero-order valence-corrected chi connectivity index (χ0v) is 14.2. The highest BCUT2D eigenvalue weighted by Crippen LogP contribution is 2.19. The van der Waals surface area contributed by atoms with Crippen molar-refractivity contribution in [3.05, 3.63) is 22.7 Å². The standard InChI is InChI=1S/C16H25N5O3/c1-16(2,21-7-9-24-10-8-21)15(23)19-12-3-6-20(11-12)13-14(22)18-5-4-17-13/h4-5,12H,3,6-11H2,1-2H3,(H,18,22)(H,19,23). The molecular weight excluding hydrogens is 310 g/mol. The Balaban J connectivity index is 1.59. The van der Waals surface area contributed by atoms with Crippen molar-refractivity contribution in [2.45, 2.75) is 31.8 Å². The molecule has 2 aliphatic rings. The predicted octanol–water partition coefficient (Wildman–Crippen LogP) is -0.424. The van der Waals surface area contributed by atoms with Crippen molar-refractivity contribution in [2.75, 3.05) is 44.3 Å². The number of carbonyl (C=O) groups is 1. The molecule has 2 fully saturated rings. The van der Waals surface area contributed by atoms with E-state index in [1.807, 2.05) is 18.7 Å². The minimum Gasteiger partial charge on any atom is -0.379 e. The number of ether oxygens (including phenoxy) is 1. The molecule has 0 saturated carbocycles. The number of carbonyl (C=O) groups excluding carboxylic acids is 1. The van der Waals surface area contributed by atoms with Gasteiger partial charge in [0.25, 0.3) is 5.56 Å². The summed E-state index contributed by atoms with van der Waals surface area (Å²) in [5.41, 5.74) is -0.766. The van der Waals surface area contributed by atoms with Crippen molar-refractivity contribution >= 4 is 11.7 Å². The molecule has 0 spiro atoms. The first kappa shape index (κ1) is 16.9. The molecule has 3 rings (SSSR count). The minimum absolute atomic E-state index is 0.0196. The maximum absolute atomic E-state index is 12.7. The van der Waals surface area contributed by atoms with Crippen LogP contribution in [0.5, 0.6) is 0 Å². The van der Waals surface area contributed by atoms with Crippen LogP contribution in [0.3, 0.4) is 0 Å². The molecule has 1 aromatic heterocycles. The first-order chi connectivity index (χ1) is 11.5. The van der Waals surface area contributed by atoms with Crippen LogP contribution < -0.4 is 15.8 Å². The Kier molecular flexibility index (Phi) is 4.86. The van der Waals surface area contributed by atoms with Crippen molar-refractivity contribution in [1.82, 2.24) is 20.2 Å². The van der Waals surface area contributed by atoms with E-state index in [4.69, 9.17) is 4.74 Å². The summed E-state index contributed by atoms with van der Waals surface area (Å²) in [5, 5.41) is 3.13. The van der Waals surface area contributed by atoms with Gasteiger partial charge in [-0.25, -0.2) is 4.98 Å². The molecule has 8 heteroatoms. The highest BCUT2D eigenvalue weighted by Gasteiger charge is 2.37. The average Bonchev–Trinajstić information content (AvgIpc) is 3.04. The maximum Gasteiger partial charge on any atom is 0.290 e. The van der Waals surface area contributed by atoms with Crippen LogP contribution in [0, 0.1) is 0 Å². The highest BCUT2D eigenvalue weighted by atomic mass is 16.5. The molecule has 0 aromatic carbocycles. The van der Waals surface area contributed by atoms with E-state index in [0.29, 0.717) is 32.1 Å². The molecule has 8 nitrogen and oxygen atoms in total. The molecule has 2 N–H and O–H groups in total. The Morgan fingerprint density at radius 3 is 2.83 bits per heavy atom. The third kappa shape index (κ3) is 3.44. The lowest BCUT2D eigenvalue weighted by Gasteiger charge is -2.39. The van der Waals surface area contributed by atoms with E-state index < -0.39 is 5.54 Å². The number of hydrogen-bond acceptors (Lipinski definition) is 6. The number of nitrogens with one attached hydrogen (secondary N) is 2. The Labute approximate surface area is 141 Å². The normalized spacial score (nSPS) is 22.6. The van der Waals surface area contributed by atoms with Gasteiger partial charge in [0.2, 0.25) is 5.91 Å². The first-order valence-electron chi connectivity index (χ1n) is 8.41. The molecule has 2 saturated heterocycles. The number of amides is 1. The molecule has 0 aliphatic carbocycles. The highest BCUT2D eigenvalue weighted by molar-refractivity contribution is 5.85. The van der Waals surface area contributed by atoms with Crippen LogP contribution in [-0.4, -0.2) is 71.7 Å². The fourth-order valence-electron chi connectivity index (χ4n) is 3.27. The quantitative estimate of drug-likeness (QED) is 0.776. The fourth-order valence-corrected chi connectivity index (χ4v) is 3.27. The second-order valence-electron chi connectivity index (χ2n) is 6.81. The largest absolute Gasteiger partial charge is 0.379 e. The van der Waals surface area contributed by atoms with E-state index in [0.717, 1.165) is 19.5 Å². The van der Waals surface area contributed by atoms with E-state index >= 15 is 0 Å². The number of hydrogen-bond donors (Lipinski definition) is 2. The van der Waals surface area contributed by atoms with Gasteiger partial charge in [-0.2, -0.15) is 0 Å². The van der Waals surface area contributed by atoms with Crippen LogP contribution in [0.2, 0.25) is 0 Å². The number of anilines is 1. The van der Waals surface area contributed by atoms with Gasteiger partial charge >= 0.3 is 0 Å².